The Morgan fingerprint density at radius 1 is 1.35 bits per heavy atom. The van der Waals surface area contributed by atoms with E-state index in [4.69, 9.17) is 0 Å². The van der Waals surface area contributed by atoms with Crippen LogP contribution in [0.25, 0.3) is 0 Å². The summed E-state index contributed by atoms with van der Waals surface area (Å²) >= 11 is 0. The van der Waals surface area contributed by atoms with E-state index in [9.17, 15) is 9.59 Å². The maximum Gasteiger partial charge on any atom is 0.299 e. The minimum absolute atomic E-state index is 0.333. The van der Waals surface area contributed by atoms with Crippen molar-refractivity contribution >= 4 is 17.4 Å². The molecule has 3 rings (SSSR count). The fourth-order valence-corrected chi connectivity index (χ4v) is 2.63. The number of nitrogens with zero attached hydrogens (tertiary/aromatic N) is 1. The van der Waals surface area contributed by atoms with E-state index in [0.29, 0.717) is 24.1 Å². The molecule has 4 nitrogen and oxygen atoms in total. The zero-order valence-corrected chi connectivity index (χ0v) is 12.0. The highest BCUT2D eigenvalue weighted by atomic mass is 16.2. The molecule has 0 bridgehead atoms. The summed E-state index contributed by atoms with van der Waals surface area (Å²) in [7, 11) is 0. The Bertz CT molecular complexity index is 564. The van der Waals surface area contributed by atoms with Gasteiger partial charge in [-0.1, -0.05) is 18.6 Å². The topological polar surface area (TPSA) is 49.4 Å². The number of nitrogens with one attached hydrogen (secondary N) is 1. The van der Waals surface area contributed by atoms with Crippen molar-refractivity contribution < 1.29 is 9.59 Å². The zero-order valence-electron chi connectivity index (χ0n) is 12.0. The molecular weight excluding hydrogens is 252 g/mol. The van der Waals surface area contributed by atoms with Crippen LogP contribution in [0.4, 0.5) is 5.69 Å². The van der Waals surface area contributed by atoms with Crippen molar-refractivity contribution in [3.05, 3.63) is 29.3 Å². The van der Waals surface area contributed by atoms with E-state index >= 15 is 0 Å². The van der Waals surface area contributed by atoms with Gasteiger partial charge < -0.3 is 10.2 Å². The first-order valence-electron chi connectivity index (χ1n) is 7.26. The molecule has 106 valence electrons. The summed E-state index contributed by atoms with van der Waals surface area (Å²) in [6.45, 7) is 5.53. The minimum atomic E-state index is -0.385. The van der Waals surface area contributed by atoms with Gasteiger partial charge in [-0.05, 0) is 44.4 Å². The molecule has 1 heterocycles. The summed E-state index contributed by atoms with van der Waals surface area (Å²) < 4.78 is 0. The van der Waals surface area contributed by atoms with Crippen molar-refractivity contribution in [2.75, 3.05) is 18.0 Å². The fraction of sp³-hybridized carbons (Fsp3) is 0.500. The minimum Gasteiger partial charge on any atom is -0.314 e. The summed E-state index contributed by atoms with van der Waals surface area (Å²) in [6, 6.07) is 6.31. The molecular formula is C16H20N2O2. The van der Waals surface area contributed by atoms with Crippen LogP contribution in [0.3, 0.4) is 0 Å². The van der Waals surface area contributed by atoms with Crippen LogP contribution < -0.4 is 10.2 Å². The first kappa shape index (κ1) is 13.3. The number of aryl methyl sites for hydroxylation is 1. The van der Waals surface area contributed by atoms with E-state index in [-0.39, 0.29) is 11.7 Å². The van der Waals surface area contributed by atoms with Crippen molar-refractivity contribution in [3.8, 4) is 0 Å². The van der Waals surface area contributed by atoms with Gasteiger partial charge >= 0.3 is 0 Å². The predicted molar refractivity (Wildman–Crippen MR) is 78.1 cm³/mol. The van der Waals surface area contributed by atoms with Crippen LogP contribution in [0.1, 0.15) is 35.7 Å². The van der Waals surface area contributed by atoms with Crippen molar-refractivity contribution in [2.24, 2.45) is 5.92 Å². The van der Waals surface area contributed by atoms with Crippen LogP contribution >= 0.6 is 0 Å². The summed E-state index contributed by atoms with van der Waals surface area (Å²) in [5.41, 5.74) is 2.33. The second-order valence-corrected chi connectivity index (χ2v) is 6.05. The average molecular weight is 272 g/mol. The van der Waals surface area contributed by atoms with Crippen molar-refractivity contribution in [1.29, 1.82) is 0 Å². The molecule has 1 atom stereocenters. The highest BCUT2D eigenvalue weighted by Crippen LogP contribution is 2.30. The molecule has 0 spiro atoms. The van der Waals surface area contributed by atoms with E-state index in [1.165, 1.54) is 12.8 Å². The molecule has 1 fully saturated rings. The maximum absolute atomic E-state index is 12.1. The van der Waals surface area contributed by atoms with E-state index in [1.54, 1.807) is 4.90 Å². The lowest BCUT2D eigenvalue weighted by atomic mass is 10.1. The number of Topliss-reactive ketones (excluding diaryl/α,β-unsaturated/α-hetero) is 1. The van der Waals surface area contributed by atoms with Crippen molar-refractivity contribution in [1.82, 2.24) is 5.32 Å². The van der Waals surface area contributed by atoms with Gasteiger partial charge in [0.2, 0.25) is 0 Å². The number of ketones is 1. The molecule has 1 aliphatic heterocycles. The predicted octanol–water partition coefficient (Wildman–Crippen LogP) is 1.91. The Hall–Kier alpha value is -1.68. The Kier molecular flexibility index (Phi) is 3.34. The van der Waals surface area contributed by atoms with Gasteiger partial charge in [0.05, 0.1) is 11.3 Å². The van der Waals surface area contributed by atoms with E-state index in [1.807, 2.05) is 25.1 Å². The Morgan fingerprint density at radius 2 is 2.10 bits per heavy atom. The van der Waals surface area contributed by atoms with Gasteiger partial charge in [0.15, 0.2) is 0 Å². The molecule has 1 unspecified atom stereocenters. The monoisotopic (exact) mass is 272 g/mol. The largest absolute Gasteiger partial charge is 0.314 e. The number of rotatable bonds is 5. The lowest BCUT2D eigenvalue weighted by Gasteiger charge is -2.21. The smallest absolute Gasteiger partial charge is 0.299 e. The molecule has 4 heteroatoms. The summed E-state index contributed by atoms with van der Waals surface area (Å²) in [4.78, 5) is 25.8. The van der Waals surface area contributed by atoms with Crippen molar-refractivity contribution in [2.45, 2.75) is 32.7 Å². The van der Waals surface area contributed by atoms with Gasteiger partial charge in [-0.3, -0.25) is 9.59 Å². The van der Waals surface area contributed by atoms with Gasteiger partial charge in [0, 0.05) is 12.6 Å². The van der Waals surface area contributed by atoms with Crippen LogP contribution in [-0.4, -0.2) is 30.8 Å². The molecule has 0 radical (unpaired) electrons. The Balaban J connectivity index is 1.73. The number of amides is 1. The average Bonchev–Trinajstić information content (AvgIpc) is 3.22. The summed E-state index contributed by atoms with van der Waals surface area (Å²) in [5.74, 6) is -0.422. The van der Waals surface area contributed by atoms with E-state index in [2.05, 4.69) is 12.2 Å². The lowest BCUT2D eigenvalue weighted by Crippen LogP contribution is -2.37. The number of hydrogen-bond donors (Lipinski definition) is 1. The van der Waals surface area contributed by atoms with E-state index < -0.39 is 0 Å². The quantitative estimate of drug-likeness (QED) is 0.833. The lowest BCUT2D eigenvalue weighted by molar-refractivity contribution is -0.114. The number of hydrogen-bond acceptors (Lipinski definition) is 3. The molecule has 1 aromatic carbocycles. The Morgan fingerprint density at radius 3 is 2.80 bits per heavy atom. The fourth-order valence-electron chi connectivity index (χ4n) is 2.63. The number of benzene rings is 1. The van der Waals surface area contributed by atoms with Gasteiger partial charge in [-0.25, -0.2) is 0 Å². The SMILES string of the molecule is Cc1ccc2c(c1)C(=O)C(=O)N2CC(C)CNC1CC1. The second kappa shape index (κ2) is 5.02. The van der Waals surface area contributed by atoms with Crippen LogP contribution in [0.15, 0.2) is 18.2 Å². The van der Waals surface area contributed by atoms with Gasteiger partial charge in [-0.2, -0.15) is 0 Å². The molecule has 1 aliphatic carbocycles. The third-order valence-corrected chi connectivity index (χ3v) is 3.95. The van der Waals surface area contributed by atoms with Crippen LogP contribution in [-0.2, 0) is 4.79 Å². The van der Waals surface area contributed by atoms with Crippen LogP contribution in [0.2, 0.25) is 0 Å². The van der Waals surface area contributed by atoms with Gasteiger partial charge in [-0.15, -0.1) is 0 Å². The molecule has 1 N–H and O–H groups in total. The molecule has 1 amide bonds. The first-order valence-corrected chi connectivity index (χ1v) is 7.26. The molecule has 0 saturated heterocycles. The molecule has 2 aliphatic rings. The Labute approximate surface area is 119 Å². The highest BCUT2D eigenvalue weighted by Gasteiger charge is 2.36. The van der Waals surface area contributed by atoms with Crippen molar-refractivity contribution in [3.63, 3.8) is 0 Å². The normalized spacial score (nSPS) is 19.4. The number of carbonyl (C=O) groups excluding carboxylic acids is 2. The number of carbonyl (C=O) groups is 2. The van der Waals surface area contributed by atoms with Gasteiger partial charge in [0.1, 0.15) is 0 Å². The molecule has 1 aromatic rings. The van der Waals surface area contributed by atoms with Crippen LogP contribution in [0, 0.1) is 12.8 Å². The number of fused-ring (bicyclic) bond motifs is 1. The zero-order chi connectivity index (χ0) is 14.3. The first-order chi connectivity index (χ1) is 9.56. The second-order valence-electron chi connectivity index (χ2n) is 6.05. The van der Waals surface area contributed by atoms with E-state index in [0.717, 1.165) is 17.8 Å². The molecule has 1 saturated carbocycles. The highest BCUT2D eigenvalue weighted by molar-refractivity contribution is 6.52. The molecule has 0 aromatic heterocycles. The summed E-state index contributed by atoms with van der Waals surface area (Å²) in [5, 5.41) is 3.47. The summed E-state index contributed by atoms with van der Waals surface area (Å²) in [6.07, 6.45) is 2.52. The third-order valence-electron chi connectivity index (χ3n) is 3.95. The van der Waals surface area contributed by atoms with Crippen LogP contribution in [0.5, 0.6) is 0 Å². The molecule has 20 heavy (non-hydrogen) atoms. The third kappa shape index (κ3) is 2.48. The number of anilines is 1. The van der Waals surface area contributed by atoms with Gasteiger partial charge in [0.25, 0.3) is 11.7 Å². The standard InChI is InChI=1S/C16H20N2O2/c1-10-3-6-14-13(7-10)15(19)16(20)18(14)9-11(2)8-17-12-4-5-12/h3,6-7,11-12,17H,4-5,8-9H2,1-2H3. The maximum atomic E-state index is 12.1.